The van der Waals surface area contributed by atoms with Crippen LogP contribution in [0.5, 0.6) is 5.75 Å². The van der Waals surface area contributed by atoms with Gasteiger partial charge in [-0.2, -0.15) is 0 Å². The van der Waals surface area contributed by atoms with E-state index in [1.54, 1.807) is 25.3 Å². The topological polar surface area (TPSA) is 38.8 Å². The molecule has 0 bridgehead atoms. The maximum Gasteiger partial charge on any atom is 0.338 e. The standard InChI is InChI=1S/C16H23NO3/c1-11-10-17(3)12(2)8-15(11)20-16(18)13-6-5-7-14(9-13)19-4/h5-7,9,11-12,15H,8,10H2,1-4H3/t11-,12+,15-/m1/s1. The van der Waals surface area contributed by atoms with Gasteiger partial charge >= 0.3 is 5.97 Å². The van der Waals surface area contributed by atoms with E-state index in [4.69, 9.17) is 9.47 Å². The van der Waals surface area contributed by atoms with Gasteiger partial charge in [-0.05, 0) is 38.6 Å². The Morgan fingerprint density at radius 1 is 1.35 bits per heavy atom. The molecule has 1 aliphatic heterocycles. The van der Waals surface area contributed by atoms with E-state index in [1.807, 2.05) is 6.07 Å². The Bertz CT molecular complexity index is 475. The summed E-state index contributed by atoms with van der Waals surface area (Å²) < 4.78 is 10.8. The number of esters is 1. The van der Waals surface area contributed by atoms with Crippen molar-refractivity contribution in [2.75, 3.05) is 20.7 Å². The van der Waals surface area contributed by atoms with Gasteiger partial charge in [0.15, 0.2) is 0 Å². The highest BCUT2D eigenvalue weighted by Crippen LogP contribution is 2.25. The molecule has 1 fully saturated rings. The Balaban J connectivity index is 2.03. The number of carbonyl (C=O) groups is 1. The third-order valence-electron chi connectivity index (χ3n) is 4.10. The SMILES string of the molecule is COc1cccc(C(=O)O[C@@H]2C[C@H](C)N(C)C[C@H]2C)c1. The van der Waals surface area contributed by atoms with Crippen molar-refractivity contribution < 1.29 is 14.3 Å². The van der Waals surface area contributed by atoms with Gasteiger partial charge in [0.2, 0.25) is 0 Å². The molecule has 110 valence electrons. The minimum absolute atomic E-state index is 0.0140. The first-order valence-corrected chi connectivity index (χ1v) is 7.06. The van der Waals surface area contributed by atoms with E-state index in [9.17, 15) is 4.79 Å². The van der Waals surface area contributed by atoms with E-state index in [0.717, 1.165) is 13.0 Å². The summed E-state index contributed by atoms with van der Waals surface area (Å²) in [4.78, 5) is 14.5. The molecule has 0 N–H and O–H groups in total. The molecule has 0 radical (unpaired) electrons. The molecule has 3 atom stereocenters. The van der Waals surface area contributed by atoms with Crippen molar-refractivity contribution in [2.45, 2.75) is 32.4 Å². The fourth-order valence-electron chi connectivity index (χ4n) is 2.62. The number of rotatable bonds is 3. The Morgan fingerprint density at radius 3 is 2.80 bits per heavy atom. The Labute approximate surface area is 120 Å². The van der Waals surface area contributed by atoms with Crippen LogP contribution in [-0.4, -0.2) is 43.7 Å². The summed E-state index contributed by atoms with van der Waals surface area (Å²) in [5, 5.41) is 0. The second kappa shape index (κ2) is 6.27. The third kappa shape index (κ3) is 3.31. The van der Waals surface area contributed by atoms with Crippen LogP contribution < -0.4 is 4.74 Å². The molecule has 4 nitrogen and oxygen atoms in total. The summed E-state index contributed by atoms with van der Waals surface area (Å²) in [5.74, 6) is 0.757. The molecule has 1 aromatic carbocycles. The van der Waals surface area contributed by atoms with Gasteiger partial charge in [0.25, 0.3) is 0 Å². The maximum atomic E-state index is 12.2. The second-order valence-corrected chi connectivity index (χ2v) is 5.68. The van der Waals surface area contributed by atoms with E-state index >= 15 is 0 Å². The molecule has 0 spiro atoms. The van der Waals surface area contributed by atoms with Gasteiger partial charge < -0.3 is 14.4 Å². The van der Waals surface area contributed by atoms with Crippen LogP contribution in [0.3, 0.4) is 0 Å². The number of carbonyl (C=O) groups excluding carboxylic acids is 1. The number of methoxy groups -OCH3 is 1. The Hall–Kier alpha value is -1.55. The molecule has 1 aromatic rings. The van der Waals surface area contributed by atoms with Crippen LogP contribution in [0.15, 0.2) is 24.3 Å². The quantitative estimate of drug-likeness (QED) is 0.796. The molecular weight excluding hydrogens is 254 g/mol. The lowest BCUT2D eigenvalue weighted by Gasteiger charge is -2.39. The molecule has 1 saturated heterocycles. The number of nitrogens with zero attached hydrogens (tertiary/aromatic N) is 1. The molecule has 0 amide bonds. The van der Waals surface area contributed by atoms with Gasteiger partial charge in [0.05, 0.1) is 12.7 Å². The van der Waals surface area contributed by atoms with Crippen LogP contribution in [0.2, 0.25) is 0 Å². The Morgan fingerprint density at radius 2 is 2.10 bits per heavy atom. The third-order valence-corrected chi connectivity index (χ3v) is 4.10. The molecule has 20 heavy (non-hydrogen) atoms. The normalized spacial score (nSPS) is 27.1. The fraction of sp³-hybridized carbons (Fsp3) is 0.562. The lowest BCUT2D eigenvalue weighted by atomic mass is 9.92. The second-order valence-electron chi connectivity index (χ2n) is 5.68. The predicted octanol–water partition coefficient (Wildman–Crippen LogP) is 2.58. The molecule has 4 heteroatoms. The summed E-state index contributed by atoms with van der Waals surface area (Å²) in [5.41, 5.74) is 0.545. The zero-order chi connectivity index (χ0) is 14.7. The smallest absolute Gasteiger partial charge is 0.338 e. The van der Waals surface area contributed by atoms with E-state index < -0.39 is 0 Å². The summed E-state index contributed by atoms with van der Waals surface area (Å²) in [6.45, 7) is 5.25. The first-order valence-electron chi connectivity index (χ1n) is 7.06. The number of hydrogen-bond acceptors (Lipinski definition) is 4. The minimum Gasteiger partial charge on any atom is -0.497 e. The lowest BCUT2D eigenvalue weighted by Crippen LogP contribution is -2.46. The molecule has 1 aliphatic rings. The predicted molar refractivity (Wildman–Crippen MR) is 78.1 cm³/mol. The first kappa shape index (κ1) is 14.9. The highest BCUT2D eigenvalue weighted by Gasteiger charge is 2.31. The van der Waals surface area contributed by atoms with E-state index in [0.29, 0.717) is 23.3 Å². The highest BCUT2D eigenvalue weighted by molar-refractivity contribution is 5.90. The van der Waals surface area contributed by atoms with E-state index in [-0.39, 0.29) is 12.1 Å². The van der Waals surface area contributed by atoms with Gasteiger partial charge in [0.1, 0.15) is 11.9 Å². The van der Waals surface area contributed by atoms with Crippen molar-refractivity contribution in [2.24, 2.45) is 5.92 Å². The van der Waals surface area contributed by atoms with E-state index in [2.05, 4.69) is 25.8 Å². The summed E-state index contributed by atoms with van der Waals surface area (Å²) in [6, 6.07) is 7.53. The summed E-state index contributed by atoms with van der Waals surface area (Å²) in [7, 11) is 3.70. The highest BCUT2D eigenvalue weighted by atomic mass is 16.5. The molecule has 0 unspecified atom stereocenters. The molecule has 2 rings (SSSR count). The fourth-order valence-corrected chi connectivity index (χ4v) is 2.62. The average molecular weight is 277 g/mol. The maximum absolute atomic E-state index is 12.2. The van der Waals surface area contributed by atoms with Crippen LogP contribution >= 0.6 is 0 Å². The van der Waals surface area contributed by atoms with Crippen LogP contribution in [0, 0.1) is 5.92 Å². The number of ether oxygens (including phenoxy) is 2. The monoisotopic (exact) mass is 277 g/mol. The molecule has 1 heterocycles. The van der Waals surface area contributed by atoms with Crippen molar-refractivity contribution in [3.63, 3.8) is 0 Å². The van der Waals surface area contributed by atoms with Crippen molar-refractivity contribution in [3.8, 4) is 5.75 Å². The largest absolute Gasteiger partial charge is 0.497 e. The van der Waals surface area contributed by atoms with Crippen LogP contribution in [0.25, 0.3) is 0 Å². The zero-order valence-electron chi connectivity index (χ0n) is 12.6. The summed E-state index contributed by atoms with van der Waals surface area (Å²) in [6.07, 6.45) is 0.868. The van der Waals surface area contributed by atoms with Crippen LogP contribution in [0.4, 0.5) is 0 Å². The van der Waals surface area contributed by atoms with Crippen molar-refractivity contribution in [1.82, 2.24) is 4.90 Å². The first-order chi connectivity index (χ1) is 9.51. The van der Waals surface area contributed by atoms with Crippen molar-refractivity contribution >= 4 is 5.97 Å². The molecular formula is C16H23NO3. The molecule has 0 aliphatic carbocycles. The Kier molecular flexibility index (Phi) is 4.65. The molecule has 0 aromatic heterocycles. The number of likely N-dealkylation sites (tertiary alicyclic amines) is 1. The lowest BCUT2D eigenvalue weighted by molar-refractivity contribution is -0.0196. The minimum atomic E-state index is -0.266. The van der Waals surface area contributed by atoms with Crippen LogP contribution in [-0.2, 0) is 4.74 Å². The van der Waals surface area contributed by atoms with Crippen molar-refractivity contribution in [3.05, 3.63) is 29.8 Å². The number of benzene rings is 1. The van der Waals surface area contributed by atoms with Gasteiger partial charge in [-0.15, -0.1) is 0 Å². The van der Waals surface area contributed by atoms with Crippen molar-refractivity contribution in [1.29, 1.82) is 0 Å². The zero-order valence-corrected chi connectivity index (χ0v) is 12.6. The summed E-state index contributed by atoms with van der Waals surface area (Å²) >= 11 is 0. The van der Waals surface area contributed by atoms with Gasteiger partial charge in [-0.3, -0.25) is 0 Å². The van der Waals surface area contributed by atoms with Gasteiger partial charge in [-0.1, -0.05) is 13.0 Å². The number of hydrogen-bond donors (Lipinski definition) is 0. The average Bonchev–Trinajstić information content (AvgIpc) is 2.44. The number of piperidine rings is 1. The van der Waals surface area contributed by atoms with Gasteiger partial charge in [0, 0.05) is 18.5 Å². The van der Waals surface area contributed by atoms with E-state index in [1.165, 1.54) is 0 Å². The van der Waals surface area contributed by atoms with Gasteiger partial charge in [-0.25, -0.2) is 4.79 Å². The molecule has 0 saturated carbocycles. The van der Waals surface area contributed by atoms with Crippen LogP contribution in [0.1, 0.15) is 30.6 Å².